The molecular weight excluding hydrogens is 318 g/mol. The standard InChI is InChI=1S/C15H25N3O4S/c1-7-18-12-9-17(14(19)22-15(4,5)6)8-11(12)16-13(18)23(20,21)10(2)3/h10H,7-9H2,1-6H3. The fourth-order valence-electron chi connectivity index (χ4n) is 2.44. The van der Waals surface area contributed by atoms with Gasteiger partial charge in [-0.1, -0.05) is 0 Å². The van der Waals surface area contributed by atoms with E-state index in [0.717, 1.165) is 5.69 Å². The molecule has 1 aromatic heterocycles. The molecule has 2 rings (SSSR count). The molecule has 130 valence electrons. The highest BCUT2D eigenvalue weighted by Crippen LogP contribution is 2.28. The fraction of sp³-hybridized carbons (Fsp3) is 0.733. The minimum absolute atomic E-state index is 0.101. The van der Waals surface area contributed by atoms with Crippen LogP contribution in [0.5, 0.6) is 0 Å². The monoisotopic (exact) mass is 343 g/mol. The lowest BCUT2D eigenvalue weighted by molar-refractivity contribution is 0.0236. The molecule has 23 heavy (non-hydrogen) atoms. The average molecular weight is 343 g/mol. The summed E-state index contributed by atoms with van der Waals surface area (Å²) in [5.41, 5.74) is 0.846. The van der Waals surface area contributed by atoms with Gasteiger partial charge in [0.2, 0.25) is 15.0 Å². The lowest BCUT2D eigenvalue weighted by Crippen LogP contribution is -2.34. The van der Waals surface area contributed by atoms with Crippen LogP contribution in [0.3, 0.4) is 0 Å². The Labute approximate surface area is 137 Å². The molecule has 8 heteroatoms. The van der Waals surface area contributed by atoms with Crippen molar-refractivity contribution in [1.29, 1.82) is 0 Å². The summed E-state index contributed by atoms with van der Waals surface area (Å²) in [6, 6.07) is 0. The topological polar surface area (TPSA) is 81.5 Å². The van der Waals surface area contributed by atoms with Gasteiger partial charge >= 0.3 is 6.09 Å². The van der Waals surface area contributed by atoms with E-state index in [9.17, 15) is 13.2 Å². The van der Waals surface area contributed by atoms with Crippen molar-refractivity contribution < 1.29 is 17.9 Å². The summed E-state index contributed by atoms with van der Waals surface area (Å²) >= 11 is 0. The first-order chi connectivity index (χ1) is 10.5. The first-order valence-electron chi connectivity index (χ1n) is 7.77. The normalized spacial score (nSPS) is 15.2. The Morgan fingerprint density at radius 3 is 2.39 bits per heavy atom. The Bertz CT molecular complexity index is 714. The van der Waals surface area contributed by atoms with Crippen LogP contribution >= 0.6 is 0 Å². The molecule has 0 radical (unpaired) electrons. The molecule has 0 saturated carbocycles. The molecule has 1 aliphatic heterocycles. The summed E-state index contributed by atoms with van der Waals surface area (Å²) in [6.07, 6.45) is -0.411. The second-order valence-electron chi connectivity index (χ2n) is 6.96. The molecule has 0 aromatic carbocycles. The number of sulfone groups is 1. The largest absolute Gasteiger partial charge is 0.444 e. The minimum Gasteiger partial charge on any atom is -0.444 e. The summed E-state index contributed by atoms with van der Waals surface area (Å²) in [5, 5.41) is -0.430. The smallest absolute Gasteiger partial charge is 0.410 e. The van der Waals surface area contributed by atoms with Gasteiger partial charge in [-0.15, -0.1) is 0 Å². The van der Waals surface area contributed by atoms with E-state index in [2.05, 4.69) is 4.98 Å². The molecule has 2 heterocycles. The van der Waals surface area contributed by atoms with E-state index in [0.29, 0.717) is 18.8 Å². The molecule has 0 aliphatic carbocycles. The number of carbonyl (C=O) groups is 1. The van der Waals surface area contributed by atoms with E-state index in [1.165, 1.54) is 0 Å². The third kappa shape index (κ3) is 3.36. The molecule has 0 saturated heterocycles. The zero-order valence-electron chi connectivity index (χ0n) is 14.6. The van der Waals surface area contributed by atoms with E-state index >= 15 is 0 Å². The number of aromatic nitrogens is 2. The van der Waals surface area contributed by atoms with E-state index in [-0.39, 0.29) is 11.7 Å². The maximum Gasteiger partial charge on any atom is 0.410 e. The van der Waals surface area contributed by atoms with E-state index in [1.54, 1.807) is 23.3 Å². The molecule has 0 N–H and O–H groups in total. The molecule has 0 spiro atoms. The van der Waals surface area contributed by atoms with Crippen LogP contribution in [-0.4, -0.2) is 39.8 Å². The lowest BCUT2D eigenvalue weighted by Gasteiger charge is -2.24. The van der Waals surface area contributed by atoms with Crippen molar-refractivity contribution in [3.63, 3.8) is 0 Å². The number of amides is 1. The van der Waals surface area contributed by atoms with Gasteiger partial charge in [-0.3, -0.25) is 4.90 Å². The first-order valence-corrected chi connectivity index (χ1v) is 9.32. The van der Waals surface area contributed by atoms with Crippen LogP contribution in [0.1, 0.15) is 52.9 Å². The number of hydrogen-bond acceptors (Lipinski definition) is 5. The summed E-state index contributed by atoms with van der Waals surface area (Å²) in [6.45, 7) is 11.7. The second-order valence-corrected chi connectivity index (χ2v) is 9.36. The van der Waals surface area contributed by atoms with Crippen molar-refractivity contribution in [1.82, 2.24) is 14.5 Å². The van der Waals surface area contributed by atoms with Gasteiger partial charge in [0.1, 0.15) is 5.60 Å². The van der Waals surface area contributed by atoms with Crippen molar-refractivity contribution >= 4 is 15.9 Å². The van der Waals surface area contributed by atoms with Crippen LogP contribution in [0.25, 0.3) is 0 Å². The van der Waals surface area contributed by atoms with E-state index < -0.39 is 26.8 Å². The summed E-state index contributed by atoms with van der Waals surface area (Å²) in [4.78, 5) is 18.0. The number of nitrogens with zero attached hydrogens (tertiary/aromatic N) is 3. The van der Waals surface area contributed by atoms with Gasteiger partial charge < -0.3 is 9.30 Å². The molecule has 1 aliphatic rings. The van der Waals surface area contributed by atoms with Gasteiger partial charge in [-0.05, 0) is 41.5 Å². The van der Waals surface area contributed by atoms with Crippen LogP contribution in [0.2, 0.25) is 0 Å². The van der Waals surface area contributed by atoms with Crippen molar-refractivity contribution in [3.05, 3.63) is 11.4 Å². The van der Waals surface area contributed by atoms with Gasteiger partial charge in [-0.25, -0.2) is 18.2 Å². The number of ether oxygens (including phenoxy) is 1. The Morgan fingerprint density at radius 1 is 1.30 bits per heavy atom. The number of imidazole rings is 1. The highest BCUT2D eigenvalue weighted by atomic mass is 32.2. The zero-order valence-corrected chi connectivity index (χ0v) is 15.4. The third-order valence-electron chi connectivity index (χ3n) is 3.64. The summed E-state index contributed by atoms with van der Waals surface area (Å²) in [5.74, 6) is 0. The zero-order chi connectivity index (χ0) is 17.6. The van der Waals surface area contributed by atoms with Gasteiger partial charge in [0, 0.05) is 6.54 Å². The lowest BCUT2D eigenvalue weighted by atomic mass is 10.2. The molecule has 0 fully saturated rings. The molecule has 0 atom stereocenters. The van der Waals surface area contributed by atoms with Crippen LogP contribution in [-0.2, 0) is 34.2 Å². The summed E-state index contributed by atoms with van der Waals surface area (Å²) in [7, 11) is -3.45. The second kappa shape index (κ2) is 5.81. The van der Waals surface area contributed by atoms with Gasteiger partial charge in [0.15, 0.2) is 0 Å². The fourth-order valence-corrected chi connectivity index (χ4v) is 3.65. The third-order valence-corrected chi connectivity index (χ3v) is 5.71. The van der Waals surface area contributed by atoms with Crippen molar-refractivity contribution in [2.45, 2.75) is 77.2 Å². The van der Waals surface area contributed by atoms with Crippen LogP contribution in [0.4, 0.5) is 4.79 Å². The Morgan fingerprint density at radius 2 is 1.91 bits per heavy atom. The van der Waals surface area contributed by atoms with Gasteiger partial charge in [0.05, 0.1) is 29.7 Å². The highest BCUT2D eigenvalue weighted by molar-refractivity contribution is 7.91. The van der Waals surface area contributed by atoms with Crippen LogP contribution in [0.15, 0.2) is 5.16 Å². The van der Waals surface area contributed by atoms with Crippen molar-refractivity contribution in [2.24, 2.45) is 0 Å². The van der Waals surface area contributed by atoms with E-state index in [1.807, 2.05) is 27.7 Å². The van der Waals surface area contributed by atoms with Crippen LogP contribution in [0, 0.1) is 0 Å². The predicted octanol–water partition coefficient (Wildman–Crippen LogP) is 2.34. The molecule has 1 amide bonds. The average Bonchev–Trinajstić information content (AvgIpc) is 2.93. The van der Waals surface area contributed by atoms with Crippen molar-refractivity contribution in [3.8, 4) is 0 Å². The minimum atomic E-state index is -3.45. The predicted molar refractivity (Wildman–Crippen MR) is 85.7 cm³/mol. The highest BCUT2D eigenvalue weighted by Gasteiger charge is 2.35. The van der Waals surface area contributed by atoms with Gasteiger partial charge in [-0.2, -0.15) is 0 Å². The Kier molecular flexibility index (Phi) is 4.49. The van der Waals surface area contributed by atoms with E-state index in [4.69, 9.17) is 4.74 Å². The molecule has 1 aromatic rings. The molecule has 0 bridgehead atoms. The number of carbonyl (C=O) groups excluding carboxylic acids is 1. The Hall–Kier alpha value is -1.57. The molecule has 7 nitrogen and oxygen atoms in total. The maximum absolute atomic E-state index is 12.4. The maximum atomic E-state index is 12.4. The quantitative estimate of drug-likeness (QED) is 0.841. The Balaban J connectivity index is 2.30. The summed E-state index contributed by atoms with van der Waals surface area (Å²) < 4.78 is 31.9. The van der Waals surface area contributed by atoms with Gasteiger partial charge in [0.25, 0.3) is 0 Å². The van der Waals surface area contributed by atoms with Crippen LogP contribution < -0.4 is 0 Å². The number of fused-ring (bicyclic) bond motifs is 1. The number of hydrogen-bond donors (Lipinski definition) is 0. The molecular formula is C15H25N3O4S. The SMILES string of the molecule is CCn1c(S(=O)(=O)C(C)C)nc2c1CN(C(=O)OC(C)(C)C)C2. The molecule has 0 unspecified atom stereocenters. The van der Waals surface area contributed by atoms with Crippen molar-refractivity contribution in [2.75, 3.05) is 0 Å². The number of rotatable bonds is 3. The first kappa shape index (κ1) is 17.8.